The summed E-state index contributed by atoms with van der Waals surface area (Å²) in [6.45, 7) is 2.24. The van der Waals surface area contributed by atoms with Crippen molar-refractivity contribution >= 4 is 46.9 Å². The zero-order valence-corrected chi connectivity index (χ0v) is 20.1. The highest BCUT2D eigenvalue weighted by atomic mass is 35.5. The normalized spacial score (nSPS) is 10.7. The number of methoxy groups -OCH3 is 1. The number of hydrogen-bond acceptors (Lipinski definition) is 5. The Kier molecular flexibility index (Phi) is 8.90. The topological polar surface area (TPSA) is 89.0 Å². The Morgan fingerprint density at radius 2 is 1.76 bits per heavy atom. The number of hydrazone groups is 1. The first-order chi connectivity index (χ1) is 16.4. The Morgan fingerprint density at radius 1 is 0.971 bits per heavy atom. The second kappa shape index (κ2) is 12.1. The summed E-state index contributed by atoms with van der Waals surface area (Å²) in [5, 5.41) is 7.37. The van der Waals surface area contributed by atoms with E-state index in [0.717, 1.165) is 17.5 Å². The summed E-state index contributed by atoms with van der Waals surface area (Å²) in [5.41, 5.74) is 5.23. The van der Waals surface area contributed by atoms with Gasteiger partial charge >= 0.3 is 11.8 Å². The standard InChI is InChI=1S/C25H23Cl2N3O4/c1-3-18-6-4-5-7-21(18)29-24(31)25(32)30-28-14-16-9-11-22(23(13-16)33-2)34-15-17-8-10-19(26)20(27)12-17/h4-14H,3,15H2,1-2H3,(H,29,31)(H,30,32)/b28-14-. The summed E-state index contributed by atoms with van der Waals surface area (Å²) in [6, 6.07) is 17.7. The minimum Gasteiger partial charge on any atom is -0.493 e. The largest absolute Gasteiger partial charge is 0.493 e. The molecular weight excluding hydrogens is 477 g/mol. The van der Waals surface area contributed by atoms with Crippen LogP contribution in [0.25, 0.3) is 0 Å². The van der Waals surface area contributed by atoms with Gasteiger partial charge in [-0.05, 0) is 59.5 Å². The van der Waals surface area contributed by atoms with Crippen molar-refractivity contribution in [1.29, 1.82) is 0 Å². The molecule has 3 aromatic carbocycles. The third-order valence-electron chi connectivity index (χ3n) is 4.80. The summed E-state index contributed by atoms with van der Waals surface area (Å²) in [7, 11) is 1.52. The van der Waals surface area contributed by atoms with Crippen LogP contribution in [0.3, 0.4) is 0 Å². The van der Waals surface area contributed by atoms with Gasteiger partial charge in [-0.25, -0.2) is 5.43 Å². The molecule has 0 saturated carbocycles. The fourth-order valence-electron chi connectivity index (χ4n) is 3.02. The lowest BCUT2D eigenvalue weighted by Crippen LogP contribution is -2.32. The maximum Gasteiger partial charge on any atom is 0.329 e. The van der Waals surface area contributed by atoms with Crippen LogP contribution in [0, 0.1) is 0 Å². The first-order valence-corrected chi connectivity index (χ1v) is 11.1. The minimum atomic E-state index is -0.879. The molecule has 0 aliphatic carbocycles. The number of carbonyl (C=O) groups is 2. The third-order valence-corrected chi connectivity index (χ3v) is 5.54. The quantitative estimate of drug-likeness (QED) is 0.252. The number of anilines is 1. The van der Waals surface area contributed by atoms with Gasteiger partial charge < -0.3 is 14.8 Å². The number of benzene rings is 3. The molecule has 34 heavy (non-hydrogen) atoms. The fourth-order valence-corrected chi connectivity index (χ4v) is 3.34. The molecule has 0 atom stereocenters. The van der Waals surface area contributed by atoms with Crippen LogP contribution in [-0.2, 0) is 22.6 Å². The monoisotopic (exact) mass is 499 g/mol. The van der Waals surface area contributed by atoms with Crippen LogP contribution in [0.2, 0.25) is 10.0 Å². The molecule has 0 aliphatic rings. The average Bonchev–Trinajstić information content (AvgIpc) is 2.85. The van der Waals surface area contributed by atoms with Crippen molar-refractivity contribution in [1.82, 2.24) is 5.43 Å². The maximum absolute atomic E-state index is 12.1. The number of halogens is 2. The molecular formula is C25H23Cl2N3O4. The van der Waals surface area contributed by atoms with E-state index in [9.17, 15) is 9.59 Å². The highest BCUT2D eigenvalue weighted by molar-refractivity contribution is 6.42. The summed E-state index contributed by atoms with van der Waals surface area (Å²) in [4.78, 5) is 24.2. The van der Waals surface area contributed by atoms with E-state index in [4.69, 9.17) is 32.7 Å². The number of nitrogens with one attached hydrogen (secondary N) is 2. The number of aryl methyl sites for hydroxylation is 1. The van der Waals surface area contributed by atoms with Gasteiger partial charge in [0.05, 0.1) is 23.4 Å². The van der Waals surface area contributed by atoms with Crippen LogP contribution in [0.5, 0.6) is 11.5 Å². The first kappa shape index (κ1) is 25.1. The second-order valence-electron chi connectivity index (χ2n) is 7.11. The van der Waals surface area contributed by atoms with Crippen molar-refractivity contribution in [3.8, 4) is 11.5 Å². The van der Waals surface area contributed by atoms with Gasteiger partial charge in [0.1, 0.15) is 6.61 Å². The van der Waals surface area contributed by atoms with Gasteiger partial charge in [-0.1, -0.05) is 54.4 Å². The molecule has 3 rings (SSSR count). The number of nitrogens with zero attached hydrogens (tertiary/aromatic N) is 1. The average molecular weight is 500 g/mol. The molecule has 7 nitrogen and oxygen atoms in total. The maximum atomic E-state index is 12.1. The lowest BCUT2D eigenvalue weighted by Gasteiger charge is -2.12. The molecule has 9 heteroatoms. The molecule has 0 radical (unpaired) electrons. The van der Waals surface area contributed by atoms with Crippen LogP contribution >= 0.6 is 23.2 Å². The molecule has 0 saturated heterocycles. The van der Waals surface area contributed by atoms with E-state index in [1.807, 2.05) is 25.1 Å². The van der Waals surface area contributed by atoms with Gasteiger partial charge in [0.25, 0.3) is 0 Å². The molecule has 0 spiro atoms. The highest BCUT2D eigenvalue weighted by Crippen LogP contribution is 2.29. The number of carbonyl (C=O) groups excluding carboxylic acids is 2. The van der Waals surface area contributed by atoms with Gasteiger partial charge in [0.2, 0.25) is 0 Å². The Bertz CT molecular complexity index is 1210. The summed E-state index contributed by atoms with van der Waals surface area (Å²) < 4.78 is 11.2. The molecule has 0 heterocycles. The lowest BCUT2D eigenvalue weighted by atomic mass is 10.1. The van der Waals surface area contributed by atoms with E-state index in [1.165, 1.54) is 13.3 Å². The lowest BCUT2D eigenvalue weighted by molar-refractivity contribution is -0.136. The van der Waals surface area contributed by atoms with E-state index in [-0.39, 0.29) is 6.61 Å². The van der Waals surface area contributed by atoms with E-state index in [1.54, 1.807) is 42.5 Å². The molecule has 3 aromatic rings. The molecule has 0 aliphatic heterocycles. The minimum absolute atomic E-state index is 0.271. The molecule has 0 unspecified atom stereocenters. The number of hydrogen-bond donors (Lipinski definition) is 2. The summed E-state index contributed by atoms with van der Waals surface area (Å²) >= 11 is 12.0. The van der Waals surface area contributed by atoms with Crippen molar-refractivity contribution in [2.45, 2.75) is 20.0 Å². The van der Waals surface area contributed by atoms with E-state index >= 15 is 0 Å². The second-order valence-corrected chi connectivity index (χ2v) is 7.93. The molecule has 176 valence electrons. The Morgan fingerprint density at radius 3 is 2.50 bits per heavy atom. The summed E-state index contributed by atoms with van der Waals surface area (Å²) in [6.07, 6.45) is 2.13. The smallest absolute Gasteiger partial charge is 0.329 e. The number of amides is 2. The van der Waals surface area contributed by atoms with Gasteiger partial charge in [-0.15, -0.1) is 0 Å². The Balaban J connectivity index is 1.58. The van der Waals surface area contributed by atoms with Crippen molar-refractivity contribution in [3.63, 3.8) is 0 Å². The van der Waals surface area contributed by atoms with Gasteiger partial charge in [0, 0.05) is 5.69 Å². The van der Waals surface area contributed by atoms with Crippen LogP contribution < -0.4 is 20.2 Å². The zero-order valence-electron chi connectivity index (χ0n) is 18.6. The molecule has 0 fully saturated rings. The van der Waals surface area contributed by atoms with Gasteiger partial charge in [0.15, 0.2) is 11.5 Å². The van der Waals surface area contributed by atoms with Gasteiger partial charge in [-0.2, -0.15) is 5.10 Å². The predicted octanol–water partition coefficient (Wildman–Crippen LogP) is 5.23. The van der Waals surface area contributed by atoms with Crippen LogP contribution in [-0.4, -0.2) is 25.1 Å². The van der Waals surface area contributed by atoms with Crippen molar-refractivity contribution < 1.29 is 19.1 Å². The third kappa shape index (κ3) is 6.73. The Hall–Kier alpha value is -3.55. The first-order valence-electron chi connectivity index (χ1n) is 10.4. The van der Waals surface area contributed by atoms with Gasteiger partial charge in [-0.3, -0.25) is 9.59 Å². The van der Waals surface area contributed by atoms with Crippen LogP contribution in [0.4, 0.5) is 5.69 Å². The van der Waals surface area contributed by atoms with E-state index in [0.29, 0.717) is 32.8 Å². The Labute approximate surface area is 207 Å². The predicted molar refractivity (Wildman–Crippen MR) is 134 cm³/mol. The SMILES string of the molecule is CCc1ccccc1NC(=O)C(=O)N/N=C\c1ccc(OCc2ccc(Cl)c(Cl)c2)c(OC)c1. The van der Waals surface area contributed by atoms with Crippen LogP contribution in [0.15, 0.2) is 65.8 Å². The summed E-state index contributed by atoms with van der Waals surface area (Å²) in [5.74, 6) is -0.689. The fraction of sp³-hybridized carbons (Fsp3) is 0.160. The number of ether oxygens (including phenoxy) is 2. The van der Waals surface area contributed by atoms with Crippen LogP contribution in [0.1, 0.15) is 23.6 Å². The molecule has 0 bridgehead atoms. The molecule has 2 N–H and O–H groups in total. The number of rotatable bonds is 8. The number of para-hydroxylation sites is 1. The van der Waals surface area contributed by atoms with E-state index in [2.05, 4.69) is 15.8 Å². The van der Waals surface area contributed by atoms with Crippen molar-refractivity contribution in [2.24, 2.45) is 5.10 Å². The van der Waals surface area contributed by atoms with Crippen molar-refractivity contribution in [2.75, 3.05) is 12.4 Å². The molecule has 2 amide bonds. The van der Waals surface area contributed by atoms with E-state index < -0.39 is 11.8 Å². The van der Waals surface area contributed by atoms with Crippen molar-refractivity contribution in [3.05, 3.63) is 87.4 Å². The zero-order chi connectivity index (χ0) is 24.5. The highest BCUT2D eigenvalue weighted by Gasteiger charge is 2.14. The molecule has 0 aromatic heterocycles.